The first-order valence-corrected chi connectivity index (χ1v) is 10.6. The highest BCUT2D eigenvalue weighted by atomic mass is 127. The van der Waals surface area contributed by atoms with Crippen molar-refractivity contribution in [2.75, 3.05) is 18.4 Å². The molecule has 1 aromatic heterocycles. The molecule has 8 heteroatoms. The zero-order chi connectivity index (χ0) is 20.3. The Morgan fingerprint density at radius 3 is 2.80 bits per heavy atom. The van der Waals surface area contributed by atoms with Crippen LogP contribution in [0.3, 0.4) is 0 Å². The fraction of sp³-hybridized carbons (Fsp3) is 0.500. The van der Waals surface area contributed by atoms with Crippen molar-refractivity contribution in [2.24, 2.45) is 10.9 Å². The topological polar surface area (TPSA) is 83.3 Å². The summed E-state index contributed by atoms with van der Waals surface area (Å²) in [6.45, 7) is 5.12. The quantitative estimate of drug-likeness (QED) is 0.202. The predicted octanol–water partition coefficient (Wildman–Crippen LogP) is 3.78. The lowest BCUT2D eigenvalue weighted by Gasteiger charge is -2.12. The van der Waals surface area contributed by atoms with E-state index in [-0.39, 0.29) is 35.8 Å². The van der Waals surface area contributed by atoms with Crippen LogP contribution in [0.2, 0.25) is 0 Å². The maximum Gasteiger partial charge on any atom is 0.227 e. The fourth-order valence-electron chi connectivity index (χ4n) is 3.57. The third-order valence-corrected chi connectivity index (χ3v) is 5.10. The van der Waals surface area contributed by atoms with E-state index in [1.54, 1.807) is 6.20 Å². The summed E-state index contributed by atoms with van der Waals surface area (Å²) in [6, 6.07) is 9.90. The SMILES string of the molecule is CCNC(=NCc1cccc(NC(=O)C2CCCC2)c1)NCCCn1cccn1.I. The zero-order valence-corrected chi connectivity index (χ0v) is 20.0. The lowest BCUT2D eigenvalue weighted by Crippen LogP contribution is -2.38. The molecule has 1 fully saturated rings. The molecule has 0 bridgehead atoms. The number of carbonyl (C=O) groups excluding carboxylic acids is 1. The molecule has 0 atom stereocenters. The molecule has 0 unspecified atom stereocenters. The molecule has 1 amide bonds. The summed E-state index contributed by atoms with van der Waals surface area (Å²) in [5, 5.41) is 13.9. The third kappa shape index (κ3) is 7.97. The highest BCUT2D eigenvalue weighted by Gasteiger charge is 2.22. The van der Waals surface area contributed by atoms with Crippen LogP contribution in [0.15, 0.2) is 47.7 Å². The van der Waals surface area contributed by atoms with Gasteiger partial charge in [0.25, 0.3) is 0 Å². The number of anilines is 1. The lowest BCUT2D eigenvalue weighted by molar-refractivity contribution is -0.119. The molecule has 1 saturated carbocycles. The van der Waals surface area contributed by atoms with E-state index in [0.29, 0.717) is 6.54 Å². The minimum atomic E-state index is 0. The molecule has 0 aliphatic heterocycles. The number of aromatic nitrogens is 2. The monoisotopic (exact) mass is 524 g/mol. The van der Waals surface area contributed by atoms with Crippen LogP contribution in [-0.2, 0) is 17.9 Å². The molecule has 0 spiro atoms. The van der Waals surface area contributed by atoms with Gasteiger partial charge in [0.05, 0.1) is 6.54 Å². The summed E-state index contributed by atoms with van der Waals surface area (Å²) in [5.41, 5.74) is 1.93. The van der Waals surface area contributed by atoms with Crippen molar-refractivity contribution >= 4 is 41.5 Å². The number of nitrogens with one attached hydrogen (secondary N) is 3. The van der Waals surface area contributed by atoms with Crippen molar-refractivity contribution in [1.82, 2.24) is 20.4 Å². The van der Waals surface area contributed by atoms with Crippen molar-refractivity contribution in [3.05, 3.63) is 48.3 Å². The van der Waals surface area contributed by atoms with E-state index in [2.05, 4.69) is 33.0 Å². The standard InChI is InChI=1S/C22H32N6O.HI/c1-2-23-22(24-12-6-14-28-15-7-13-26-28)25-17-18-8-5-11-20(16-18)27-21(29)19-9-3-4-10-19;/h5,7-8,11,13,15-16,19H,2-4,6,9-10,12,14,17H2,1H3,(H,27,29)(H2,23,24,25);1H. The van der Waals surface area contributed by atoms with Crippen LogP contribution >= 0.6 is 24.0 Å². The number of hydrogen-bond donors (Lipinski definition) is 3. The van der Waals surface area contributed by atoms with E-state index in [1.807, 2.05) is 41.2 Å². The Kier molecular flexibility index (Phi) is 10.7. The van der Waals surface area contributed by atoms with E-state index in [1.165, 1.54) is 0 Å². The van der Waals surface area contributed by atoms with Gasteiger partial charge in [0.1, 0.15) is 0 Å². The number of nitrogens with zero attached hydrogens (tertiary/aromatic N) is 3. The molecule has 164 valence electrons. The molecule has 3 N–H and O–H groups in total. The largest absolute Gasteiger partial charge is 0.357 e. The summed E-state index contributed by atoms with van der Waals surface area (Å²) < 4.78 is 1.93. The number of amides is 1. The molecular weight excluding hydrogens is 491 g/mol. The van der Waals surface area contributed by atoms with Gasteiger partial charge in [-0.2, -0.15) is 5.10 Å². The average Bonchev–Trinajstić information content (AvgIpc) is 3.44. The minimum absolute atomic E-state index is 0. The van der Waals surface area contributed by atoms with Gasteiger partial charge in [0.2, 0.25) is 5.91 Å². The molecule has 3 rings (SSSR count). The van der Waals surface area contributed by atoms with Crippen LogP contribution in [0.5, 0.6) is 0 Å². The number of hydrogen-bond acceptors (Lipinski definition) is 3. The number of halogens is 1. The molecule has 1 aliphatic rings. The van der Waals surface area contributed by atoms with Gasteiger partial charge in [-0.25, -0.2) is 4.99 Å². The second kappa shape index (κ2) is 13.3. The highest BCUT2D eigenvalue weighted by molar-refractivity contribution is 14.0. The maximum atomic E-state index is 12.3. The summed E-state index contributed by atoms with van der Waals surface area (Å²) in [5.74, 6) is 1.12. The van der Waals surface area contributed by atoms with Gasteiger partial charge in [0.15, 0.2) is 5.96 Å². The van der Waals surface area contributed by atoms with Crippen molar-refractivity contribution in [2.45, 2.75) is 52.1 Å². The Labute approximate surface area is 196 Å². The highest BCUT2D eigenvalue weighted by Crippen LogP contribution is 2.26. The first-order valence-electron chi connectivity index (χ1n) is 10.6. The van der Waals surface area contributed by atoms with Crippen LogP contribution in [0.4, 0.5) is 5.69 Å². The van der Waals surface area contributed by atoms with Gasteiger partial charge < -0.3 is 16.0 Å². The van der Waals surface area contributed by atoms with Crippen molar-refractivity contribution < 1.29 is 4.79 Å². The molecule has 1 heterocycles. The lowest BCUT2D eigenvalue weighted by atomic mass is 10.1. The first-order chi connectivity index (χ1) is 14.2. The number of carbonyl (C=O) groups is 1. The number of aryl methyl sites for hydroxylation is 1. The number of rotatable bonds is 9. The Hall–Kier alpha value is -2.10. The molecule has 1 aliphatic carbocycles. The number of aliphatic imine (C=N–C) groups is 1. The van der Waals surface area contributed by atoms with Gasteiger partial charge in [0, 0.05) is 43.6 Å². The van der Waals surface area contributed by atoms with Gasteiger partial charge in [-0.1, -0.05) is 25.0 Å². The Balaban J connectivity index is 0.00000320. The Bertz CT molecular complexity index is 787. The molecule has 0 saturated heterocycles. The second-order valence-electron chi connectivity index (χ2n) is 7.42. The van der Waals surface area contributed by atoms with Gasteiger partial charge in [-0.15, -0.1) is 24.0 Å². The van der Waals surface area contributed by atoms with Crippen LogP contribution in [0.1, 0.15) is 44.6 Å². The molecule has 30 heavy (non-hydrogen) atoms. The van der Waals surface area contributed by atoms with Crippen LogP contribution in [-0.4, -0.2) is 34.7 Å². The maximum absolute atomic E-state index is 12.3. The zero-order valence-electron chi connectivity index (χ0n) is 17.6. The molecular formula is C22H33IN6O. The average molecular weight is 524 g/mol. The van der Waals surface area contributed by atoms with E-state index in [4.69, 9.17) is 0 Å². The molecule has 0 radical (unpaired) electrons. The normalized spacial score (nSPS) is 14.2. The Morgan fingerprint density at radius 1 is 1.23 bits per heavy atom. The number of benzene rings is 1. The summed E-state index contributed by atoms with van der Waals surface area (Å²) in [7, 11) is 0. The van der Waals surface area contributed by atoms with E-state index < -0.39 is 0 Å². The fourth-order valence-corrected chi connectivity index (χ4v) is 3.57. The van der Waals surface area contributed by atoms with Gasteiger partial charge in [-0.3, -0.25) is 9.48 Å². The number of guanidine groups is 1. The van der Waals surface area contributed by atoms with Crippen LogP contribution in [0.25, 0.3) is 0 Å². The van der Waals surface area contributed by atoms with E-state index in [0.717, 1.165) is 68.9 Å². The summed E-state index contributed by atoms with van der Waals surface area (Å²) >= 11 is 0. The third-order valence-electron chi connectivity index (χ3n) is 5.10. The van der Waals surface area contributed by atoms with Crippen molar-refractivity contribution in [3.8, 4) is 0 Å². The summed E-state index contributed by atoms with van der Waals surface area (Å²) in [4.78, 5) is 17.0. The first kappa shape index (κ1) is 24.2. The summed E-state index contributed by atoms with van der Waals surface area (Å²) in [6.07, 6.45) is 9.07. The minimum Gasteiger partial charge on any atom is -0.357 e. The van der Waals surface area contributed by atoms with Crippen LogP contribution < -0.4 is 16.0 Å². The smallest absolute Gasteiger partial charge is 0.227 e. The molecule has 1 aromatic carbocycles. The second-order valence-corrected chi connectivity index (χ2v) is 7.42. The Morgan fingerprint density at radius 2 is 2.07 bits per heavy atom. The predicted molar refractivity (Wildman–Crippen MR) is 132 cm³/mol. The molecule has 2 aromatic rings. The van der Waals surface area contributed by atoms with Crippen LogP contribution in [0, 0.1) is 5.92 Å². The van der Waals surface area contributed by atoms with Gasteiger partial charge in [-0.05, 0) is 49.9 Å². The van der Waals surface area contributed by atoms with Gasteiger partial charge >= 0.3 is 0 Å². The van der Waals surface area contributed by atoms with E-state index >= 15 is 0 Å². The van der Waals surface area contributed by atoms with Crippen molar-refractivity contribution in [1.29, 1.82) is 0 Å². The molecule has 7 nitrogen and oxygen atoms in total. The van der Waals surface area contributed by atoms with E-state index in [9.17, 15) is 4.79 Å². The van der Waals surface area contributed by atoms with Crippen molar-refractivity contribution in [3.63, 3.8) is 0 Å².